The third kappa shape index (κ3) is 4.74. The minimum Gasteiger partial charge on any atom is -0.351 e. The number of thioether (sulfide) groups is 1. The number of rotatable bonds is 5. The molecular formula is C20H23N5OS. The number of aryl methyl sites for hydroxylation is 1. The predicted molar refractivity (Wildman–Crippen MR) is 108 cm³/mol. The van der Waals surface area contributed by atoms with E-state index in [1.165, 1.54) is 11.8 Å². The molecule has 1 N–H and O–H groups in total. The molecule has 140 valence electrons. The van der Waals surface area contributed by atoms with Crippen LogP contribution in [0.1, 0.15) is 26.3 Å². The van der Waals surface area contributed by atoms with Gasteiger partial charge in [-0.05, 0) is 51.5 Å². The van der Waals surface area contributed by atoms with Crippen LogP contribution in [0.25, 0.3) is 17.1 Å². The zero-order chi connectivity index (χ0) is 19.4. The van der Waals surface area contributed by atoms with Gasteiger partial charge in [0, 0.05) is 23.5 Å². The summed E-state index contributed by atoms with van der Waals surface area (Å²) in [6.07, 6.45) is 3.46. The summed E-state index contributed by atoms with van der Waals surface area (Å²) in [6.45, 7) is 7.94. The average molecular weight is 382 g/mol. The van der Waals surface area contributed by atoms with Crippen molar-refractivity contribution in [1.82, 2.24) is 25.1 Å². The Bertz CT molecular complexity index is 931. The van der Waals surface area contributed by atoms with Crippen molar-refractivity contribution in [2.75, 3.05) is 5.75 Å². The van der Waals surface area contributed by atoms with E-state index in [-0.39, 0.29) is 17.2 Å². The van der Waals surface area contributed by atoms with Crippen molar-refractivity contribution in [3.8, 4) is 17.1 Å². The van der Waals surface area contributed by atoms with E-state index in [9.17, 15) is 4.79 Å². The lowest BCUT2D eigenvalue weighted by Crippen LogP contribution is -2.41. The van der Waals surface area contributed by atoms with E-state index in [1.807, 2.05) is 68.7 Å². The number of hydrogen-bond donors (Lipinski definition) is 1. The largest absolute Gasteiger partial charge is 0.351 e. The number of carbonyl (C=O) groups is 1. The Labute approximate surface area is 163 Å². The maximum Gasteiger partial charge on any atom is 0.230 e. The predicted octanol–water partition coefficient (Wildman–Crippen LogP) is 3.64. The monoisotopic (exact) mass is 381 g/mol. The Kier molecular flexibility index (Phi) is 5.60. The van der Waals surface area contributed by atoms with Crippen LogP contribution in [0.15, 0.2) is 53.9 Å². The standard InChI is InChI=1S/C20H23N5OS/c1-14-7-5-6-8-16(14)25-18(15-9-11-21-12-10-15)23-24-19(25)27-13-17(26)22-20(2,3)4/h5-12H,13H2,1-4H3,(H,22,26). The highest BCUT2D eigenvalue weighted by Gasteiger charge is 2.19. The number of nitrogens with zero attached hydrogens (tertiary/aromatic N) is 4. The van der Waals surface area contributed by atoms with E-state index in [1.54, 1.807) is 12.4 Å². The summed E-state index contributed by atoms with van der Waals surface area (Å²) in [5.41, 5.74) is 2.76. The molecule has 1 aromatic carbocycles. The number of aromatic nitrogens is 4. The first-order chi connectivity index (χ1) is 12.8. The van der Waals surface area contributed by atoms with Gasteiger partial charge in [0.15, 0.2) is 11.0 Å². The number of amides is 1. The fraction of sp³-hybridized carbons (Fsp3) is 0.300. The summed E-state index contributed by atoms with van der Waals surface area (Å²) in [4.78, 5) is 16.3. The molecule has 0 aliphatic rings. The summed E-state index contributed by atoms with van der Waals surface area (Å²) in [5, 5.41) is 12.4. The average Bonchev–Trinajstić information content (AvgIpc) is 3.03. The van der Waals surface area contributed by atoms with Crippen molar-refractivity contribution in [2.45, 2.75) is 38.4 Å². The van der Waals surface area contributed by atoms with Gasteiger partial charge in [0.25, 0.3) is 0 Å². The van der Waals surface area contributed by atoms with Crippen LogP contribution in [0.4, 0.5) is 0 Å². The molecule has 0 saturated heterocycles. The molecule has 7 heteroatoms. The van der Waals surface area contributed by atoms with Crippen molar-refractivity contribution < 1.29 is 4.79 Å². The van der Waals surface area contributed by atoms with Crippen LogP contribution in [0, 0.1) is 6.92 Å². The molecule has 3 rings (SSSR count). The third-order valence-corrected chi connectivity index (χ3v) is 4.70. The number of nitrogens with one attached hydrogen (secondary N) is 1. The molecule has 0 atom stereocenters. The molecule has 1 amide bonds. The van der Waals surface area contributed by atoms with Gasteiger partial charge in [-0.3, -0.25) is 14.3 Å². The number of benzene rings is 1. The fourth-order valence-corrected chi connectivity index (χ4v) is 3.41. The molecule has 2 aromatic heterocycles. The zero-order valence-corrected chi connectivity index (χ0v) is 16.7. The SMILES string of the molecule is Cc1ccccc1-n1c(SCC(=O)NC(C)(C)C)nnc1-c1ccncc1. The van der Waals surface area contributed by atoms with Crippen molar-refractivity contribution in [3.63, 3.8) is 0 Å². The van der Waals surface area contributed by atoms with Crippen LogP contribution in [0.5, 0.6) is 0 Å². The molecule has 3 aromatic rings. The smallest absolute Gasteiger partial charge is 0.230 e. The van der Waals surface area contributed by atoms with Gasteiger partial charge in [-0.1, -0.05) is 30.0 Å². The lowest BCUT2D eigenvalue weighted by molar-refractivity contribution is -0.119. The third-order valence-electron chi connectivity index (χ3n) is 3.78. The number of carbonyl (C=O) groups excluding carboxylic acids is 1. The zero-order valence-electron chi connectivity index (χ0n) is 15.9. The van der Waals surface area contributed by atoms with E-state index < -0.39 is 0 Å². The lowest BCUT2D eigenvalue weighted by atomic mass is 10.1. The van der Waals surface area contributed by atoms with E-state index in [2.05, 4.69) is 20.5 Å². The first-order valence-electron chi connectivity index (χ1n) is 8.71. The Morgan fingerprint density at radius 2 is 1.81 bits per heavy atom. The van der Waals surface area contributed by atoms with E-state index in [0.29, 0.717) is 5.16 Å². The van der Waals surface area contributed by atoms with E-state index >= 15 is 0 Å². The Morgan fingerprint density at radius 1 is 1.11 bits per heavy atom. The Balaban J connectivity index is 1.96. The highest BCUT2D eigenvalue weighted by atomic mass is 32.2. The van der Waals surface area contributed by atoms with Gasteiger partial charge in [-0.2, -0.15) is 0 Å². The first-order valence-corrected chi connectivity index (χ1v) is 9.69. The second-order valence-corrected chi connectivity index (χ2v) is 8.19. The quantitative estimate of drug-likeness (QED) is 0.683. The number of pyridine rings is 1. The molecule has 0 fully saturated rings. The van der Waals surface area contributed by atoms with Crippen molar-refractivity contribution >= 4 is 17.7 Å². The summed E-state index contributed by atoms with van der Waals surface area (Å²) >= 11 is 1.38. The van der Waals surface area contributed by atoms with E-state index in [0.717, 1.165) is 22.6 Å². The highest BCUT2D eigenvalue weighted by molar-refractivity contribution is 7.99. The van der Waals surface area contributed by atoms with Gasteiger partial charge < -0.3 is 5.32 Å². The highest BCUT2D eigenvalue weighted by Crippen LogP contribution is 2.29. The topological polar surface area (TPSA) is 72.7 Å². The van der Waals surface area contributed by atoms with Crippen molar-refractivity contribution in [2.24, 2.45) is 0 Å². The molecule has 0 radical (unpaired) electrons. The van der Waals surface area contributed by atoms with Crippen molar-refractivity contribution in [3.05, 3.63) is 54.4 Å². The molecule has 0 bridgehead atoms. The van der Waals surface area contributed by atoms with Crippen LogP contribution in [-0.4, -0.2) is 36.9 Å². The van der Waals surface area contributed by atoms with Crippen LogP contribution in [0.3, 0.4) is 0 Å². The molecule has 2 heterocycles. The Morgan fingerprint density at radius 3 is 2.48 bits per heavy atom. The van der Waals surface area contributed by atoms with Crippen LogP contribution in [-0.2, 0) is 4.79 Å². The molecular weight excluding hydrogens is 358 g/mol. The van der Waals surface area contributed by atoms with Gasteiger partial charge in [-0.25, -0.2) is 0 Å². The fourth-order valence-electron chi connectivity index (χ4n) is 2.67. The normalized spacial score (nSPS) is 11.4. The first kappa shape index (κ1) is 19.1. The summed E-state index contributed by atoms with van der Waals surface area (Å²) in [7, 11) is 0. The van der Waals surface area contributed by atoms with Crippen LogP contribution in [0.2, 0.25) is 0 Å². The number of para-hydroxylation sites is 1. The summed E-state index contributed by atoms with van der Waals surface area (Å²) < 4.78 is 2.00. The molecule has 0 spiro atoms. The van der Waals surface area contributed by atoms with Gasteiger partial charge in [-0.15, -0.1) is 10.2 Å². The lowest BCUT2D eigenvalue weighted by Gasteiger charge is -2.20. The van der Waals surface area contributed by atoms with Gasteiger partial charge in [0.2, 0.25) is 5.91 Å². The maximum atomic E-state index is 12.2. The van der Waals surface area contributed by atoms with Crippen molar-refractivity contribution in [1.29, 1.82) is 0 Å². The second-order valence-electron chi connectivity index (χ2n) is 7.25. The van der Waals surface area contributed by atoms with Gasteiger partial charge >= 0.3 is 0 Å². The molecule has 0 aliphatic heterocycles. The minimum atomic E-state index is -0.260. The Hall–Kier alpha value is -2.67. The van der Waals surface area contributed by atoms with Crippen LogP contribution < -0.4 is 5.32 Å². The maximum absolute atomic E-state index is 12.2. The van der Waals surface area contributed by atoms with Gasteiger partial charge in [0.1, 0.15) is 0 Å². The summed E-state index contributed by atoms with van der Waals surface area (Å²) in [5.74, 6) is 0.972. The molecule has 6 nitrogen and oxygen atoms in total. The van der Waals surface area contributed by atoms with Gasteiger partial charge in [0.05, 0.1) is 11.4 Å². The number of hydrogen-bond acceptors (Lipinski definition) is 5. The molecule has 0 aliphatic carbocycles. The van der Waals surface area contributed by atoms with Crippen LogP contribution >= 0.6 is 11.8 Å². The minimum absolute atomic E-state index is 0.0303. The molecule has 27 heavy (non-hydrogen) atoms. The molecule has 0 unspecified atom stereocenters. The summed E-state index contributed by atoms with van der Waals surface area (Å²) in [6, 6.07) is 11.9. The molecule has 0 saturated carbocycles. The second kappa shape index (κ2) is 7.92. The van der Waals surface area contributed by atoms with E-state index in [4.69, 9.17) is 0 Å².